The standard InChI is InChI=1S/C10H19F3N2O/c1-4-5-6-15(7-10(11,12)13)8(16)9(2,3)14/h4-7,14H2,1-3H3. The van der Waals surface area contributed by atoms with Crippen LogP contribution in [0.2, 0.25) is 0 Å². The van der Waals surface area contributed by atoms with Gasteiger partial charge in [0, 0.05) is 6.54 Å². The summed E-state index contributed by atoms with van der Waals surface area (Å²) in [6, 6.07) is 0. The SMILES string of the molecule is CCCCN(CC(F)(F)F)C(=O)C(C)(C)N. The Morgan fingerprint density at radius 1 is 1.31 bits per heavy atom. The molecule has 0 rings (SSSR count). The van der Waals surface area contributed by atoms with Crippen LogP contribution in [0.3, 0.4) is 0 Å². The van der Waals surface area contributed by atoms with Crippen LogP contribution < -0.4 is 5.73 Å². The lowest BCUT2D eigenvalue weighted by Gasteiger charge is -2.30. The van der Waals surface area contributed by atoms with E-state index < -0.39 is 24.2 Å². The highest BCUT2D eigenvalue weighted by Crippen LogP contribution is 2.18. The maximum absolute atomic E-state index is 12.2. The number of hydrogen-bond donors (Lipinski definition) is 1. The molecule has 3 nitrogen and oxygen atoms in total. The average molecular weight is 240 g/mol. The molecule has 0 spiro atoms. The van der Waals surface area contributed by atoms with Gasteiger partial charge in [-0.2, -0.15) is 13.2 Å². The topological polar surface area (TPSA) is 46.3 Å². The third kappa shape index (κ3) is 5.95. The van der Waals surface area contributed by atoms with Crippen molar-refractivity contribution in [3.63, 3.8) is 0 Å². The van der Waals surface area contributed by atoms with Crippen molar-refractivity contribution in [1.82, 2.24) is 4.90 Å². The second-order valence-corrected chi connectivity index (χ2v) is 4.42. The van der Waals surface area contributed by atoms with Crippen molar-refractivity contribution in [2.45, 2.75) is 45.3 Å². The maximum Gasteiger partial charge on any atom is 0.406 e. The van der Waals surface area contributed by atoms with Crippen LogP contribution in [0.25, 0.3) is 0 Å². The minimum Gasteiger partial charge on any atom is -0.332 e. The molecule has 2 N–H and O–H groups in total. The van der Waals surface area contributed by atoms with Crippen LogP contribution in [0.5, 0.6) is 0 Å². The zero-order valence-electron chi connectivity index (χ0n) is 9.90. The number of carbonyl (C=O) groups excluding carboxylic acids is 1. The molecular weight excluding hydrogens is 221 g/mol. The molecule has 0 aromatic carbocycles. The first-order valence-corrected chi connectivity index (χ1v) is 5.23. The lowest BCUT2D eigenvalue weighted by molar-refractivity contribution is -0.164. The summed E-state index contributed by atoms with van der Waals surface area (Å²) >= 11 is 0. The molecule has 16 heavy (non-hydrogen) atoms. The van der Waals surface area contributed by atoms with E-state index in [-0.39, 0.29) is 6.54 Å². The highest BCUT2D eigenvalue weighted by atomic mass is 19.4. The quantitative estimate of drug-likeness (QED) is 0.798. The molecule has 0 bridgehead atoms. The van der Waals surface area contributed by atoms with Gasteiger partial charge in [0.2, 0.25) is 5.91 Å². The van der Waals surface area contributed by atoms with Gasteiger partial charge in [0.15, 0.2) is 0 Å². The molecule has 0 aliphatic carbocycles. The third-order valence-corrected chi connectivity index (χ3v) is 1.99. The molecule has 0 saturated carbocycles. The van der Waals surface area contributed by atoms with Crippen LogP contribution in [0.1, 0.15) is 33.6 Å². The van der Waals surface area contributed by atoms with Gasteiger partial charge >= 0.3 is 6.18 Å². The molecule has 0 aliphatic rings. The molecule has 0 unspecified atom stereocenters. The van der Waals surface area contributed by atoms with Crippen molar-refractivity contribution in [3.05, 3.63) is 0 Å². The molecule has 1 amide bonds. The van der Waals surface area contributed by atoms with E-state index >= 15 is 0 Å². The first kappa shape index (κ1) is 15.2. The number of amides is 1. The smallest absolute Gasteiger partial charge is 0.332 e. The van der Waals surface area contributed by atoms with Crippen LogP contribution in [0, 0.1) is 0 Å². The number of nitrogens with zero attached hydrogens (tertiary/aromatic N) is 1. The first-order valence-electron chi connectivity index (χ1n) is 5.23. The maximum atomic E-state index is 12.2. The lowest BCUT2D eigenvalue weighted by Crippen LogP contribution is -2.53. The first-order chi connectivity index (χ1) is 7.08. The summed E-state index contributed by atoms with van der Waals surface area (Å²) in [5.74, 6) is -0.668. The van der Waals surface area contributed by atoms with Gasteiger partial charge in [-0.15, -0.1) is 0 Å². The fourth-order valence-corrected chi connectivity index (χ4v) is 1.23. The number of rotatable bonds is 5. The second-order valence-electron chi connectivity index (χ2n) is 4.42. The van der Waals surface area contributed by atoms with E-state index in [2.05, 4.69) is 0 Å². The summed E-state index contributed by atoms with van der Waals surface area (Å²) in [7, 11) is 0. The lowest BCUT2D eigenvalue weighted by atomic mass is 10.1. The zero-order chi connectivity index (χ0) is 13.0. The van der Waals surface area contributed by atoms with E-state index in [1.807, 2.05) is 6.92 Å². The molecule has 6 heteroatoms. The predicted octanol–water partition coefficient (Wildman–Crippen LogP) is 1.91. The monoisotopic (exact) mass is 240 g/mol. The number of carbonyl (C=O) groups is 1. The Bertz CT molecular complexity index is 233. The van der Waals surface area contributed by atoms with Gasteiger partial charge in [-0.25, -0.2) is 0 Å². The zero-order valence-corrected chi connectivity index (χ0v) is 9.90. The molecule has 0 atom stereocenters. The van der Waals surface area contributed by atoms with Crippen molar-refractivity contribution in [2.24, 2.45) is 5.73 Å². The summed E-state index contributed by atoms with van der Waals surface area (Å²) < 4.78 is 36.7. The normalized spacial score (nSPS) is 12.7. The number of unbranched alkanes of at least 4 members (excludes halogenated alkanes) is 1. The van der Waals surface area contributed by atoms with Crippen LogP contribution in [0.15, 0.2) is 0 Å². The van der Waals surface area contributed by atoms with Crippen molar-refractivity contribution in [1.29, 1.82) is 0 Å². The molecule has 96 valence electrons. The minimum atomic E-state index is -4.38. The fourth-order valence-electron chi connectivity index (χ4n) is 1.23. The second kappa shape index (κ2) is 5.52. The number of halogens is 3. The average Bonchev–Trinajstić information content (AvgIpc) is 2.07. The number of alkyl halides is 3. The van der Waals surface area contributed by atoms with E-state index in [0.717, 1.165) is 11.3 Å². The van der Waals surface area contributed by atoms with Crippen LogP contribution >= 0.6 is 0 Å². The van der Waals surface area contributed by atoms with Crippen molar-refractivity contribution >= 4 is 5.91 Å². The van der Waals surface area contributed by atoms with Crippen LogP contribution in [-0.4, -0.2) is 35.6 Å². The summed E-state index contributed by atoms with van der Waals surface area (Å²) in [4.78, 5) is 12.4. The Morgan fingerprint density at radius 2 is 1.81 bits per heavy atom. The van der Waals surface area contributed by atoms with Crippen LogP contribution in [-0.2, 0) is 4.79 Å². The highest BCUT2D eigenvalue weighted by Gasteiger charge is 2.36. The third-order valence-electron chi connectivity index (χ3n) is 1.99. The van der Waals surface area contributed by atoms with E-state index in [1.54, 1.807) is 0 Å². The number of hydrogen-bond acceptors (Lipinski definition) is 2. The fraction of sp³-hybridized carbons (Fsp3) is 0.900. The Labute approximate surface area is 93.8 Å². The van der Waals surface area contributed by atoms with Gasteiger partial charge < -0.3 is 10.6 Å². The summed E-state index contributed by atoms with van der Waals surface area (Å²) in [6.07, 6.45) is -3.11. The molecular formula is C10H19F3N2O. The summed E-state index contributed by atoms with van der Waals surface area (Å²) in [5.41, 5.74) is 4.25. The highest BCUT2D eigenvalue weighted by molar-refractivity contribution is 5.85. The van der Waals surface area contributed by atoms with E-state index in [4.69, 9.17) is 5.73 Å². The van der Waals surface area contributed by atoms with E-state index in [0.29, 0.717) is 6.42 Å². The summed E-state index contributed by atoms with van der Waals surface area (Å²) in [5, 5.41) is 0. The molecule has 0 heterocycles. The Kier molecular flexibility index (Phi) is 5.25. The minimum absolute atomic E-state index is 0.0927. The summed E-state index contributed by atoms with van der Waals surface area (Å²) in [6.45, 7) is 3.53. The Balaban J connectivity index is 4.61. The Hall–Kier alpha value is -0.780. The molecule has 0 saturated heterocycles. The Morgan fingerprint density at radius 3 is 2.12 bits per heavy atom. The predicted molar refractivity (Wildman–Crippen MR) is 55.8 cm³/mol. The van der Waals surface area contributed by atoms with E-state index in [9.17, 15) is 18.0 Å². The largest absolute Gasteiger partial charge is 0.406 e. The van der Waals surface area contributed by atoms with Gasteiger partial charge in [-0.3, -0.25) is 4.79 Å². The van der Waals surface area contributed by atoms with Gasteiger partial charge in [0.05, 0.1) is 5.54 Å². The van der Waals surface area contributed by atoms with Gasteiger partial charge in [0.25, 0.3) is 0 Å². The van der Waals surface area contributed by atoms with Crippen LogP contribution in [0.4, 0.5) is 13.2 Å². The van der Waals surface area contributed by atoms with E-state index in [1.165, 1.54) is 13.8 Å². The molecule has 0 aliphatic heterocycles. The molecule has 0 aromatic rings. The number of nitrogens with two attached hydrogens (primary N) is 1. The van der Waals surface area contributed by atoms with Crippen molar-refractivity contribution in [3.8, 4) is 0 Å². The van der Waals surface area contributed by atoms with Gasteiger partial charge in [0.1, 0.15) is 6.54 Å². The van der Waals surface area contributed by atoms with Gasteiger partial charge in [-0.05, 0) is 20.3 Å². The molecule has 0 fully saturated rings. The molecule has 0 aromatic heterocycles. The van der Waals surface area contributed by atoms with Crippen molar-refractivity contribution in [2.75, 3.05) is 13.1 Å². The molecule has 0 radical (unpaired) electrons. The van der Waals surface area contributed by atoms with Crippen molar-refractivity contribution < 1.29 is 18.0 Å². The van der Waals surface area contributed by atoms with Gasteiger partial charge in [-0.1, -0.05) is 13.3 Å².